The third-order valence-electron chi connectivity index (χ3n) is 1.90. The van der Waals surface area contributed by atoms with Crippen LogP contribution in [0.15, 0.2) is 24.3 Å². The predicted octanol–water partition coefficient (Wildman–Crippen LogP) is -0.806. The molecule has 2 amide bonds. The molecular weight excluding hydrogens is 291 g/mol. The summed E-state index contributed by atoms with van der Waals surface area (Å²) in [4.78, 5) is 29.8. The lowest BCUT2D eigenvalue weighted by Gasteiger charge is -2.07. The SMILES string of the molecule is NC(=O)Nc1cccc(F)c1.O=C(O)C(O)C(O)C(=O)O. The van der Waals surface area contributed by atoms with Gasteiger partial charge in [0.1, 0.15) is 5.82 Å². The number of carboxylic acids is 2. The maximum Gasteiger partial charge on any atom is 0.335 e. The van der Waals surface area contributed by atoms with Gasteiger partial charge < -0.3 is 31.5 Å². The van der Waals surface area contributed by atoms with Gasteiger partial charge in [-0.05, 0) is 18.2 Å². The van der Waals surface area contributed by atoms with Crippen LogP contribution < -0.4 is 11.1 Å². The van der Waals surface area contributed by atoms with Gasteiger partial charge in [0.25, 0.3) is 0 Å². The van der Waals surface area contributed by atoms with E-state index < -0.39 is 36.0 Å². The Morgan fingerprint density at radius 1 is 1.10 bits per heavy atom. The second-order valence-corrected chi connectivity index (χ2v) is 3.57. The molecule has 0 heterocycles. The van der Waals surface area contributed by atoms with E-state index in [9.17, 15) is 18.8 Å². The first kappa shape index (κ1) is 18.3. The number of primary amides is 1. The van der Waals surface area contributed by atoms with Crippen LogP contribution in [0.3, 0.4) is 0 Å². The number of nitrogens with two attached hydrogens (primary N) is 1. The summed E-state index contributed by atoms with van der Waals surface area (Å²) in [6, 6.07) is 4.81. The normalized spacial score (nSPS) is 12.3. The number of hydrogen-bond acceptors (Lipinski definition) is 5. The van der Waals surface area contributed by atoms with Crippen molar-refractivity contribution in [2.45, 2.75) is 12.2 Å². The molecule has 0 aromatic heterocycles. The van der Waals surface area contributed by atoms with Crippen molar-refractivity contribution < 1.29 is 39.2 Å². The maximum atomic E-state index is 12.4. The average molecular weight is 304 g/mol. The van der Waals surface area contributed by atoms with E-state index in [1.54, 1.807) is 6.07 Å². The van der Waals surface area contributed by atoms with Gasteiger partial charge >= 0.3 is 18.0 Å². The Bertz CT molecular complexity index is 505. The van der Waals surface area contributed by atoms with Crippen molar-refractivity contribution in [1.82, 2.24) is 0 Å². The number of benzene rings is 1. The summed E-state index contributed by atoms with van der Waals surface area (Å²) in [7, 11) is 0. The number of aliphatic hydroxyl groups is 2. The molecule has 0 aliphatic carbocycles. The molecule has 1 aromatic rings. The van der Waals surface area contributed by atoms with Crippen LogP contribution in [0.25, 0.3) is 0 Å². The number of carboxylic acid groups (broad SMARTS) is 2. The lowest BCUT2D eigenvalue weighted by molar-refractivity contribution is -0.165. The van der Waals surface area contributed by atoms with Crippen LogP contribution in [0.1, 0.15) is 0 Å². The fourth-order valence-corrected chi connectivity index (χ4v) is 0.979. The number of urea groups is 1. The minimum atomic E-state index is -2.27. The first-order valence-corrected chi connectivity index (χ1v) is 5.29. The molecule has 0 saturated heterocycles. The summed E-state index contributed by atoms with van der Waals surface area (Å²) < 4.78 is 12.4. The lowest BCUT2D eigenvalue weighted by atomic mass is 10.2. The molecule has 0 aliphatic heterocycles. The molecule has 0 bridgehead atoms. The number of aliphatic carboxylic acids is 2. The molecule has 10 heteroatoms. The highest BCUT2D eigenvalue weighted by atomic mass is 19.1. The number of nitrogens with one attached hydrogen (secondary N) is 1. The van der Waals surface area contributed by atoms with Gasteiger partial charge in [0.05, 0.1) is 0 Å². The molecule has 9 nitrogen and oxygen atoms in total. The van der Waals surface area contributed by atoms with Gasteiger partial charge in [0.2, 0.25) is 0 Å². The third kappa shape index (κ3) is 7.44. The van der Waals surface area contributed by atoms with E-state index in [0.717, 1.165) is 0 Å². The Morgan fingerprint density at radius 3 is 1.90 bits per heavy atom. The van der Waals surface area contributed by atoms with Crippen molar-refractivity contribution in [2.75, 3.05) is 5.32 Å². The molecule has 0 fully saturated rings. The van der Waals surface area contributed by atoms with Crippen LogP contribution in [0.4, 0.5) is 14.9 Å². The van der Waals surface area contributed by atoms with E-state index in [1.807, 2.05) is 0 Å². The number of hydrogen-bond donors (Lipinski definition) is 6. The molecule has 0 saturated carbocycles. The van der Waals surface area contributed by atoms with Crippen LogP contribution in [-0.4, -0.2) is 50.6 Å². The Morgan fingerprint density at radius 2 is 1.57 bits per heavy atom. The Labute approximate surface area is 117 Å². The van der Waals surface area contributed by atoms with Gasteiger partial charge in [-0.25, -0.2) is 18.8 Å². The Balaban J connectivity index is 0.000000384. The quantitative estimate of drug-likeness (QED) is 0.422. The average Bonchev–Trinajstić information content (AvgIpc) is 2.36. The summed E-state index contributed by atoms with van der Waals surface area (Å²) in [6.07, 6.45) is -4.53. The summed E-state index contributed by atoms with van der Waals surface area (Å²) in [5.41, 5.74) is 5.16. The van der Waals surface area contributed by atoms with Crippen molar-refractivity contribution in [1.29, 1.82) is 0 Å². The first-order chi connectivity index (χ1) is 9.65. The van der Waals surface area contributed by atoms with Gasteiger partial charge in [0.15, 0.2) is 12.2 Å². The minimum absolute atomic E-state index is 0.359. The minimum Gasteiger partial charge on any atom is -0.479 e. The van der Waals surface area contributed by atoms with E-state index in [2.05, 4.69) is 5.32 Å². The largest absolute Gasteiger partial charge is 0.479 e. The second kappa shape index (κ2) is 8.45. The molecule has 1 aromatic carbocycles. The van der Waals surface area contributed by atoms with E-state index in [-0.39, 0.29) is 0 Å². The van der Waals surface area contributed by atoms with Gasteiger partial charge in [0, 0.05) is 5.69 Å². The van der Waals surface area contributed by atoms with Gasteiger partial charge in [-0.15, -0.1) is 0 Å². The fraction of sp³-hybridized carbons (Fsp3) is 0.182. The zero-order valence-corrected chi connectivity index (χ0v) is 10.4. The summed E-state index contributed by atoms with van der Waals surface area (Å²) >= 11 is 0. The molecule has 2 unspecified atom stereocenters. The van der Waals surface area contributed by atoms with Gasteiger partial charge in [-0.2, -0.15) is 0 Å². The predicted molar refractivity (Wildman–Crippen MR) is 66.9 cm³/mol. The summed E-state index contributed by atoms with van der Waals surface area (Å²) in [5, 5.41) is 34.8. The maximum absolute atomic E-state index is 12.4. The number of carbonyl (C=O) groups is 3. The topological polar surface area (TPSA) is 170 Å². The van der Waals surface area contributed by atoms with E-state index in [0.29, 0.717) is 5.69 Å². The highest BCUT2D eigenvalue weighted by molar-refractivity contribution is 5.87. The smallest absolute Gasteiger partial charge is 0.335 e. The second-order valence-electron chi connectivity index (χ2n) is 3.57. The molecule has 7 N–H and O–H groups in total. The molecule has 2 atom stereocenters. The lowest BCUT2D eigenvalue weighted by Crippen LogP contribution is -2.39. The third-order valence-corrected chi connectivity index (χ3v) is 1.90. The van der Waals surface area contributed by atoms with Crippen LogP contribution >= 0.6 is 0 Å². The van der Waals surface area contributed by atoms with Crippen molar-refractivity contribution >= 4 is 23.7 Å². The van der Waals surface area contributed by atoms with Crippen LogP contribution in [0, 0.1) is 5.82 Å². The van der Waals surface area contributed by atoms with E-state index in [4.69, 9.17) is 26.2 Å². The number of halogens is 1. The van der Waals surface area contributed by atoms with Gasteiger partial charge in [-0.1, -0.05) is 6.07 Å². The van der Waals surface area contributed by atoms with Crippen molar-refractivity contribution in [3.63, 3.8) is 0 Å². The first-order valence-electron chi connectivity index (χ1n) is 5.29. The number of rotatable bonds is 4. The fourth-order valence-electron chi connectivity index (χ4n) is 0.979. The van der Waals surface area contributed by atoms with Gasteiger partial charge in [-0.3, -0.25) is 0 Å². The highest BCUT2D eigenvalue weighted by Crippen LogP contribution is 2.07. The Kier molecular flexibility index (Phi) is 7.36. The zero-order chi connectivity index (χ0) is 16.6. The number of anilines is 1. The monoisotopic (exact) mass is 304 g/mol. The Hall–Kier alpha value is -2.72. The van der Waals surface area contributed by atoms with Crippen molar-refractivity contribution in [3.8, 4) is 0 Å². The molecule has 0 radical (unpaired) electrons. The number of carbonyl (C=O) groups excluding carboxylic acids is 1. The number of amides is 2. The number of aliphatic hydroxyl groups excluding tert-OH is 2. The summed E-state index contributed by atoms with van der Waals surface area (Å²) in [5.74, 6) is -3.94. The van der Waals surface area contributed by atoms with Crippen molar-refractivity contribution in [2.24, 2.45) is 5.73 Å². The summed E-state index contributed by atoms with van der Waals surface area (Å²) in [6.45, 7) is 0. The molecular formula is C11H13FN2O7. The van der Waals surface area contributed by atoms with Crippen LogP contribution in [0.2, 0.25) is 0 Å². The molecule has 0 aliphatic rings. The van der Waals surface area contributed by atoms with Crippen molar-refractivity contribution in [3.05, 3.63) is 30.1 Å². The molecule has 21 heavy (non-hydrogen) atoms. The van der Waals surface area contributed by atoms with E-state index in [1.165, 1.54) is 18.2 Å². The zero-order valence-electron chi connectivity index (χ0n) is 10.4. The molecule has 0 spiro atoms. The highest BCUT2D eigenvalue weighted by Gasteiger charge is 2.29. The van der Waals surface area contributed by atoms with E-state index >= 15 is 0 Å². The van der Waals surface area contributed by atoms with Crippen LogP contribution in [0.5, 0.6) is 0 Å². The molecule has 1 rings (SSSR count). The molecule has 116 valence electrons. The van der Waals surface area contributed by atoms with Crippen LogP contribution in [-0.2, 0) is 9.59 Å². The standard InChI is InChI=1S/C7H7FN2O.C4H6O6/c8-5-2-1-3-6(4-5)10-7(9)11;5-1(3(7)8)2(6)4(9)10/h1-4H,(H3,9,10,11);1-2,5-6H,(H,7,8)(H,9,10).